The summed E-state index contributed by atoms with van der Waals surface area (Å²) in [5.74, 6) is 2.86. The highest BCUT2D eigenvalue weighted by atomic mass is 16.6. The van der Waals surface area contributed by atoms with Crippen molar-refractivity contribution in [2.45, 2.75) is 168 Å². The number of rotatable bonds is 6. The van der Waals surface area contributed by atoms with Crippen LogP contribution in [0.3, 0.4) is 0 Å². The zero-order chi connectivity index (χ0) is 33.9. The molecule has 12 atom stereocenters. The molecule has 0 radical (unpaired) electrons. The molecule has 46 heavy (non-hydrogen) atoms. The van der Waals surface area contributed by atoms with E-state index in [9.17, 15) is 9.90 Å². The summed E-state index contributed by atoms with van der Waals surface area (Å²) in [6.07, 6.45) is 14.5. The molecular formula is C39H70N2O5. The fourth-order valence-corrected chi connectivity index (χ4v) is 13.1. The molecule has 2 spiro atoms. The van der Waals surface area contributed by atoms with E-state index >= 15 is 0 Å². The van der Waals surface area contributed by atoms with Crippen LogP contribution < -0.4 is 5.73 Å². The molecule has 266 valence electrons. The first-order valence-electron chi connectivity index (χ1n) is 19.3. The third kappa shape index (κ3) is 5.53. The standard InChI is InChI=1S/C36H59NO5.C2H6.CH5N/c1-8-40-30(33(4,5)39)26-13-11-23-27(41-26)20-24-22-12-14-28-32(2,3)29(42-31(38)25-10-9-19-37(25)7)15-16-36(28)21-35(22,36)18-17-34(23,24)6;2*1-2/h22-30,39H,8-21H2,1-7H3;1-2H3;2H2,1H3. The highest BCUT2D eigenvalue weighted by Gasteiger charge is 2.81. The van der Waals surface area contributed by atoms with Crippen molar-refractivity contribution in [1.29, 1.82) is 0 Å². The van der Waals surface area contributed by atoms with Crippen molar-refractivity contribution in [1.82, 2.24) is 4.90 Å². The molecule has 7 fully saturated rings. The molecule has 7 nitrogen and oxygen atoms in total. The van der Waals surface area contributed by atoms with Gasteiger partial charge in [0.05, 0.1) is 17.8 Å². The van der Waals surface area contributed by atoms with Crippen LogP contribution in [0.25, 0.3) is 0 Å². The van der Waals surface area contributed by atoms with Gasteiger partial charge in [0.2, 0.25) is 0 Å². The Labute approximate surface area is 281 Å². The number of carbonyl (C=O) groups is 1. The van der Waals surface area contributed by atoms with E-state index in [-0.39, 0.29) is 35.7 Å². The molecule has 3 N–H and O–H groups in total. The van der Waals surface area contributed by atoms with Crippen LogP contribution in [0.15, 0.2) is 0 Å². The third-order valence-corrected chi connectivity index (χ3v) is 15.0. The lowest BCUT2D eigenvalue weighted by molar-refractivity contribution is -0.193. The fraction of sp³-hybridized carbons (Fsp3) is 0.974. The quantitative estimate of drug-likeness (QED) is 0.301. The minimum Gasteiger partial charge on any atom is -0.461 e. The normalized spacial score (nSPS) is 46.0. The van der Waals surface area contributed by atoms with E-state index in [2.05, 4.69) is 38.5 Å². The number of nitrogens with two attached hydrogens (primary N) is 1. The van der Waals surface area contributed by atoms with Crippen molar-refractivity contribution in [2.75, 3.05) is 27.2 Å². The van der Waals surface area contributed by atoms with E-state index in [4.69, 9.17) is 14.2 Å². The summed E-state index contributed by atoms with van der Waals surface area (Å²) in [6, 6.07) is -0.0457. The predicted octanol–water partition coefficient (Wildman–Crippen LogP) is 6.98. The van der Waals surface area contributed by atoms with E-state index < -0.39 is 5.60 Å². The number of fused-ring (bicyclic) bond motifs is 4. The molecule has 7 heteroatoms. The van der Waals surface area contributed by atoms with Crippen molar-refractivity contribution in [3.63, 3.8) is 0 Å². The van der Waals surface area contributed by atoms with Crippen molar-refractivity contribution >= 4 is 5.97 Å². The Morgan fingerprint density at radius 3 is 2.30 bits per heavy atom. The maximum absolute atomic E-state index is 13.2. The Bertz CT molecular complexity index is 1080. The van der Waals surface area contributed by atoms with Gasteiger partial charge in [0.15, 0.2) is 0 Å². The summed E-state index contributed by atoms with van der Waals surface area (Å²) in [5.41, 5.74) is 4.94. The van der Waals surface area contributed by atoms with Crippen LogP contribution >= 0.6 is 0 Å². The minimum atomic E-state index is -0.904. The fourth-order valence-electron chi connectivity index (χ4n) is 13.1. The molecule has 0 aromatic carbocycles. The second kappa shape index (κ2) is 13.2. The van der Waals surface area contributed by atoms with Crippen molar-refractivity contribution < 1.29 is 24.1 Å². The molecule has 12 unspecified atom stereocenters. The molecule has 7 aliphatic rings. The number of aliphatic hydroxyl groups is 1. The number of likely N-dealkylation sites (N-methyl/N-ethyl adjacent to an activating group) is 1. The van der Waals surface area contributed by atoms with Gasteiger partial charge in [-0.1, -0.05) is 34.6 Å². The number of hydrogen-bond acceptors (Lipinski definition) is 7. The largest absolute Gasteiger partial charge is 0.461 e. The van der Waals surface area contributed by atoms with Gasteiger partial charge in [-0.3, -0.25) is 9.69 Å². The lowest BCUT2D eigenvalue weighted by atomic mass is 9.46. The Morgan fingerprint density at radius 1 is 0.978 bits per heavy atom. The number of likely N-dealkylation sites (tertiary alicyclic amines) is 1. The van der Waals surface area contributed by atoms with Gasteiger partial charge in [-0.2, -0.15) is 0 Å². The van der Waals surface area contributed by atoms with Crippen LogP contribution in [-0.2, 0) is 19.0 Å². The van der Waals surface area contributed by atoms with E-state index in [0.29, 0.717) is 40.8 Å². The molecule has 0 amide bonds. The summed E-state index contributed by atoms with van der Waals surface area (Å²) in [5, 5.41) is 10.9. The van der Waals surface area contributed by atoms with Gasteiger partial charge in [-0.15, -0.1) is 0 Å². The summed E-state index contributed by atoms with van der Waals surface area (Å²) in [6.45, 7) is 18.9. The molecule has 2 heterocycles. The smallest absolute Gasteiger partial charge is 0.323 e. The average molecular weight is 647 g/mol. The number of hydrogen-bond donors (Lipinski definition) is 2. The molecule has 2 saturated heterocycles. The van der Waals surface area contributed by atoms with E-state index in [0.717, 1.165) is 44.1 Å². The van der Waals surface area contributed by atoms with Gasteiger partial charge in [-0.25, -0.2) is 0 Å². The average Bonchev–Trinajstić information content (AvgIpc) is 3.32. The highest BCUT2D eigenvalue weighted by Crippen LogP contribution is 2.87. The second-order valence-electron chi connectivity index (χ2n) is 17.4. The van der Waals surface area contributed by atoms with Gasteiger partial charge in [-0.05, 0) is 158 Å². The molecule has 0 bridgehead atoms. The summed E-state index contributed by atoms with van der Waals surface area (Å²) >= 11 is 0. The zero-order valence-electron chi connectivity index (χ0n) is 31.2. The van der Waals surface area contributed by atoms with Crippen LogP contribution in [0.1, 0.15) is 132 Å². The van der Waals surface area contributed by atoms with Gasteiger partial charge >= 0.3 is 5.97 Å². The van der Waals surface area contributed by atoms with Gasteiger partial charge < -0.3 is 25.1 Å². The number of esters is 1. The molecular weight excluding hydrogens is 576 g/mol. The summed E-state index contributed by atoms with van der Waals surface area (Å²) in [4.78, 5) is 15.4. The van der Waals surface area contributed by atoms with E-state index in [1.54, 1.807) is 0 Å². The number of carbonyl (C=O) groups excluding carboxylic acids is 1. The molecule has 7 rings (SSSR count). The maximum atomic E-state index is 13.2. The van der Waals surface area contributed by atoms with E-state index in [1.165, 1.54) is 58.4 Å². The number of nitrogens with zero attached hydrogens (tertiary/aromatic N) is 1. The topological polar surface area (TPSA) is 94.2 Å². The molecule has 2 aliphatic heterocycles. The third-order valence-electron chi connectivity index (χ3n) is 15.0. The Hall–Kier alpha value is -0.730. The molecule has 0 aromatic rings. The van der Waals surface area contributed by atoms with E-state index in [1.807, 2.05) is 34.6 Å². The predicted molar refractivity (Wildman–Crippen MR) is 184 cm³/mol. The SMILES string of the molecule is CC.CCOC(C1CCC2C(CC3C4CCC5C(C)(C)C(OC(=O)C6CCCN6C)CCC56CC46CCC23C)O1)C(C)(C)O.CN. The first-order valence-corrected chi connectivity index (χ1v) is 19.3. The summed E-state index contributed by atoms with van der Waals surface area (Å²) in [7, 11) is 3.57. The first-order chi connectivity index (χ1) is 21.8. The Kier molecular flexibility index (Phi) is 10.5. The summed E-state index contributed by atoms with van der Waals surface area (Å²) < 4.78 is 19.4. The molecule has 0 aromatic heterocycles. The van der Waals surface area contributed by atoms with Crippen LogP contribution in [0, 0.1) is 45.3 Å². The Morgan fingerprint density at radius 2 is 1.67 bits per heavy atom. The zero-order valence-corrected chi connectivity index (χ0v) is 31.2. The molecule has 5 aliphatic carbocycles. The van der Waals surface area contributed by atoms with Crippen LogP contribution in [0.5, 0.6) is 0 Å². The Balaban J connectivity index is 0.00000100. The minimum absolute atomic E-state index is 0.0188. The van der Waals surface area contributed by atoms with Gasteiger partial charge in [0.1, 0.15) is 18.2 Å². The lowest BCUT2D eigenvalue weighted by Gasteiger charge is -2.59. The van der Waals surface area contributed by atoms with Crippen LogP contribution in [0.2, 0.25) is 0 Å². The van der Waals surface area contributed by atoms with Crippen molar-refractivity contribution in [2.24, 2.45) is 51.1 Å². The molecule has 5 saturated carbocycles. The lowest BCUT2D eigenvalue weighted by Crippen LogP contribution is -2.55. The van der Waals surface area contributed by atoms with Crippen molar-refractivity contribution in [3.8, 4) is 0 Å². The van der Waals surface area contributed by atoms with Gasteiger partial charge in [0, 0.05) is 12.0 Å². The van der Waals surface area contributed by atoms with Crippen molar-refractivity contribution in [3.05, 3.63) is 0 Å². The first kappa shape index (κ1) is 36.5. The highest BCUT2D eigenvalue weighted by molar-refractivity contribution is 5.76. The van der Waals surface area contributed by atoms with Gasteiger partial charge in [0.25, 0.3) is 0 Å². The maximum Gasteiger partial charge on any atom is 0.323 e. The van der Waals surface area contributed by atoms with Crippen LogP contribution in [0.4, 0.5) is 0 Å². The second-order valence-corrected chi connectivity index (χ2v) is 17.4. The monoisotopic (exact) mass is 647 g/mol. The number of ether oxygens (including phenoxy) is 3. The van der Waals surface area contributed by atoms with Crippen LogP contribution in [-0.4, -0.2) is 79.3 Å².